The topological polar surface area (TPSA) is 17.1 Å². The predicted octanol–water partition coefficient (Wildman–Crippen LogP) is 3.20. The van der Waals surface area contributed by atoms with Crippen molar-refractivity contribution in [3.05, 3.63) is 12.2 Å². The number of rotatable bonds is 2. The summed E-state index contributed by atoms with van der Waals surface area (Å²) in [7, 11) is 0. The zero-order valence-electron chi connectivity index (χ0n) is 8.97. The normalized spacial score (nSPS) is 34.2. The van der Waals surface area contributed by atoms with Crippen LogP contribution in [-0.4, -0.2) is 5.78 Å². The van der Waals surface area contributed by atoms with E-state index in [1.54, 1.807) is 0 Å². The van der Waals surface area contributed by atoms with Gasteiger partial charge in [0, 0.05) is 5.92 Å². The zero-order valence-corrected chi connectivity index (χ0v) is 8.97. The minimum atomic E-state index is 0.260. The van der Waals surface area contributed by atoms with Crippen LogP contribution in [0.3, 0.4) is 0 Å². The maximum absolute atomic E-state index is 11.7. The molecular weight excluding hydrogens is 160 g/mol. The maximum Gasteiger partial charge on any atom is 0.161 e. The molecular formula is C12H20O. The molecule has 0 amide bonds. The Labute approximate surface area is 81.2 Å². The second-order valence-corrected chi connectivity index (χ2v) is 4.76. The van der Waals surface area contributed by atoms with Crippen LogP contribution in [0.15, 0.2) is 12.2 Å². The van der Waals surface area contributed by atoms with Crippen molar-refractivity contribution in [1.82, 2.24) is 0 Å². The molecule has 1 saturated carbocycles. The number of carbonyl (C=O) groups is 1. The number of Topliss-reactive ketones (excluding diaryl/α,β-unsaturated/α-hetero) is 1. The van der Waals surface area contributed by atoms with Crippen LogP contribution in [-0.2, 0) is 4.79 Å². The Morgan fingerprint density at radius 2 is 1.62 bits per heavy atom. The summed E-state index contributed by atoms with van der Waals surface area (Å²) in [6.07, 6.45) is 3.41. The molecule has 1 rings (SSSR count). The average Bonchev–Trinajstić information content (AvgIpc) is 2.01. The Morgan fingerprint density at radius 3 is 2.00 bits per heavy atom. The zero-order chi connectivity index (χ0) is 10.0. The van der Waals surface area contributed by atoms with Gasteiger partial charge in [-0.3, -0.25) is 4.79 Å². The van der Waals surface area contributed by atoms with Gasteiger partial charge < -0.3 is 0 Å². The number of hydrogen-bond donors (Lipinski definition) is 0. The molecule has 2 unspecified atom stereocenters. The highest BCUT2D eigenvalue weighted by Crippen LogP contribution is 2.34. The Balaban J connectivity index is 2.60. The van der Waals surface area contributed by atoms with E-state index >= 15 is 0 Å². The van der Waals surface area contributed by atoms with Gasteiger partial charge in [0.1, 0.15) is 0 Å². The quantitative estimate of drug-likeness (QED) is 0.596. The van der Waals surface area contributed by atoms with Crippen LogP contribution < -0.4 is 0 Å². The van der Waals surface area contributed by atoms with Crippen molar-refractivity contribution >= 4 is 5.78 Å². The molecule has 0 aromatic carbocycles. The highest BCUT2D eigenvalue weighted by Gasteiger charge is 2.28. The van der Waals surface area contributed by atoms with E-state index in [-0.39, 0.29) is 5.92 Å². The van der Waals surface area contributed by atoms with Crippen LogP contribution in [0.1, 0.15) is 40.0 Å². The molecule has 0 heterocycles. The van der Waals surface area contributed by atoms with Crippen molar-refractivity contribution in [3.63, 3.8) is 0 Å². The third-order valence-electron chi connectivity index (χ3n) is 2.97. The second kappa shape index (κ2) is 4.08. The summed E-state index contributed by atoms with van der Waals surface area (Å²) in [4.78, 5) is 11.7. The Bertz CT molecular complexity index is 207. The van der Waals surface area contributed by atoms with Gasteiger partial charge in [-0.25, -0.2) is 0 Å². The highest BCUT2D eigenvalue weighted by molar-refractivity contribution is 5.96. The molecule has 1 fully saturated rings. The number of ketones is 1. The molecule has 74 valence electrons. The largest absolute Gasteiger partial charge is 0.294 e. The first-order chi connectivity index (χ1) is 6.00. The molecule has 0 saturated heterocycles. The molecule has 0 aromatic rings. The third kappa shape index (κ3) is 2.68. The van der Waals surface area contributed by atoms with Gasteiger partial charge in [-0.05, 0) is 43.6 Å². The van der Waals surface area contributed by atoms with Crippen molar-refractivity contribution in [3.8, 4) is 0 Å². The van der Waals surface area contributed by atoms with Crippen molar-refractivity contribution in [1.29, 1.82) is 0 Å². The van der Waals surface area contributed by atoms with Gasteiger partial charge in [0.05, 0.1) is 0 Å². The first-order valence-corrected chi connectivity index (χ1v) is 5.20. The van der Waals surface area contributed by atoms with E-state index in [0.717, 1.165) is 18.4 Å². The molecule has 2 atom stereocenters. The Morgan fingerprint density at radius 1 is 1.15 bits per heavy atom. The van der Waals surface area contributed by atoms with E-state index in [0.29, 0.717) is 17.6 Å². The summed E-state index contributed by atoms with van der Waals surface area (Å²) in [5.41, 5.74) is 0.728. The SMILES string of the molecule is C=C(C)C(=O)C1CC(C)CC(C)C1. The second-order valence-electron chi connectivity index (χ2n) is 4.76. The van der Waals surface area contributed by atoms with Crippen molar-refractivity contribution in [2.24, 2.45) is 17.8 Å². The molecule has 0 radical (unpaired) electrons. The van der Waals surface area contributed by atoms with Crippen molar-refractivity contribution in [2.75, 3.05) is 0 Å². The van der Waals surface area contributed by atoms with Crippen LogP contribution in [0.4, 0.5) is 0 Å². The van der Waals surface area contributed by atoms with Crippen LogP contribution in [0.5, 0.6) is 0 Å². The Hall–Kier alpha value is -0.590. The van der Waals surface area contributed by atoms with Gasteiger partial charge in [-0.15, -0.1) is 0 Å². The molecule has 1 aliphatic carbocycles. The molecule has 1 nitrogen and oxygen atoms in total. The molecule has 0 N–H and O–H groups in total. The van der Waals surface area contributed by atoms with Crippen LogP contribution in [0.25, 0.3) is 0 Å². The van der Waals surface area contributed by atoms with E-state index in [9.17, 15) is 4.79 Å². The molecule has 1 aliphatic rings. The average molecular weight is 180 g/mol. The van der Waals surface area contributed by atoms with E-state index in [4.69, 9.17) is 0 Å². The standard InChI is InChI=1S/C12H20O/c1-8(2)12(13)11-6-9(3)5-10(4)7-11/h9-11H,1,5-7H2,2-4H3. The summed E-state index contributed by atoms with van der Waals surface area (Å²) >= 11 is 0. The molecule has 0 aromatic heterocycles. The lowest BCUT2D eigenvalue weighted by atomic mass is 9.74. The van der Waals surface area contributed by atoms with Crippen molar-refractivity contribution in [2.45, 2.75) is 40.0 Å². The van der Waals surface area contributed by atoms with E-state index < -0.39 is 0 Å². The van der Waals surface area contributed by atoms with Gasteiger partial charge in [-0.2, -0.15) is 0 Å². The predicted molar refractivity (Wildman–Crippen MR) is 55.5 cm³/mol. The molecule has 1 heteroatoms. The first kappa shape index (κ1) is 10.5. The summed E-state index contributed by atoms with van der Waals surface area (Å²) < 4.78 is 0. The van der Waals surface area contributed by atoms with E-state index in [2.05, 4.69) is 20.4 Å². The van der Waals surface area contributed by atoms with Gasteiger partial charge in [0.2, 0.25) is 0 Å². The van der Waals surface area contributed by atoms with Crippen LogP contribution >= 0.6 is 0 Å². The first-order valence-electron chi connectivity index (χ1n) is 5.20. The third-order valence-corrected chi connectivity index (χ3v) is 2.97. The summed E-state index contributed by atoms with van der Waals surface area (Å²) in [5, 5.41) is 0. The summed E-state index contributed by atoms with van der Waals surface area (Å²) in [5.74, 6) is 1.96. The lowest BCUT2D eigenvalue weighted by Gasteiger charge is -2.30. The summed E-state index contributed by atoms with van der Waals surface area (Å²) in [6.45, 7) is 10.0. The summed E-state index contributed by atoms with van der Waals surface area (Å²) in [6, 6.07) is 0. The lowest BCUT2D eigenvalue weighted by molar-refractivity contribution is -0.121. The highest BCUT2D eigenvalue weighted by atomic mass is 16.1. The van der Waals surface area contributed by atoms with Gasteiger partial charge in [0.15, 0.2) is 5.78 Å². The minimum absolute atomic E-state index is 0.260. The van der Waals surface area contributed by atoms with Gasteiger partial charge >= 0.3 is 0 Å². The molecule has 0 bridgehead atoms. The van der Waals surface area contributed by atoms with Crippen LogP contribution in [0.2, 0.25) is 0 Å². The molecule has 0 spiro atoms. The Kier molecular flexibility index (Phi) is 3.29. The van der Waals surface area contributed by atoms with Gasteiger partial charge in [0.25, 0.3) is 0 Å². The van der Waals surface area contributed by atoms with E-state index in [1.807, 2.05) is 6.92 Å². The molecule has 0 aliphatic heterocycles. The fraction of sp³-hybridized carbons (Fsp3) is 0.750. The number of hydrogen-bond acceptors (Lipinski definition) is 1. The number of carbonyl (C=O) groups excluding carboxylic acids is 1. The number of allylic oxidation sites excluding steroid dienone is 1. The monoisotopic (exact) mass is 180 g/mol. The lowest BCUT2D eigenvalue weighted by Crippen LogP contribution is -2.26. The molecule has 13 heavy (non-hydrogen) atoms. The van der Waals surface area contributed by atoms with Crippen LogP contribution in [0, 0.1) is 17.8 Å². The maximum atomic E-state index is 11.7. The van der Waals surface area contributed by atoms with Gasteiger partial charge in [-0.1, -0.05) is 20.4 Å². The fourth-order valence-corrected chi connectivity index (χ4v) is 2.51. The minimum Gasteiger partial charge on any atom is -0.294 e. The fourth-order valence-electron chi connectivity index (χ4n) is 2.51. The smallest absolute Gasteiger partial charge is 0.161 e. The van der Waals surface area contributed by atoms with Crippen molar-refractivity contribution < 1.29 is 4.79 Å². The van der Waals surface area contributed by atoms with E-state index in [1.165, 1.54) is 6.42 Å².